The molecule has 1 fully saturated rings. The van der Waals surface area contributed by atoms with Crippen LogP contribution in [0.3, 0.4) is 0 Å². The van der Waals surface area contributed by atoms with Crippen molar-refractivity contribution in [3.05, 3.63) is 18.2 Å². The van der Waals surface area contributed by atoms with Gasteiger partial charge >= 0.3 is 12.2 Å². The molecule has 6 nitrogen and oxygen atoms in total. The van der Waals surface area contributed by atoms with Gasteiger partial charge in [-0.1, -0.05) is 6.92 Å². The lowest BCUT2D eigenvalue weighted by Gasteiger charge is -2.30. The minimum atomic E-state index is -4.46. The molecule has 1 aromatic rings. The highest BCUT2D eigenvalue weighted by atomic mass is 19.4. The predicted molar refractivity (Wildman–Crippen MR) is 96.4 cm³/mol. The molecular weight excluding hydrogens is 363 g/mol. The lowest BCUT2D eigenvalue weighted by Crippen LogP contribution is -2.40. The van der Waals surface area contributed by atoms with Crippen molar-refractivity contribution < 1.29 is 27.4 Å². The number of piperidine rings is 1. The third-order valence-corrected chi connectivity index (χ3v) is 4.40. The van der Waals surface area contributed by atoms with Gasteiger partial charge in [0.25, 0.3) is 0 Å². The van der Waals surface area contributed by atoms with Crippen molar-refractivity contribution >= 4 is 11.7 Å². The summed E-state index contributed by atoms with van der Waals surface area (Å²) in [6.07, 6.45) is -2.13. The highest BCUT2D eigenvalue weighted by molar-refractivity contribution is 5.89. The predicted octanol–water partition coefficient (Wildman–Crippen LogP) is 3.49. The maximum Gasteiger partial charge on any atom is 0.422 e. The van der Waals surface area contributed by atoms with E-state index in [4.69, 9.17) is 9.47 Å². The molecule has 1 aliphatic heterocycles. The third-order valence-electron chi connectivity index (χ3n) is 4.40. The molecule has 9 heteroatoms. The van der Waals surface area contributed by atoms with Crippen LogP contribution in [0, 0.1) is 5.92 Å². The Balaban J connectivity index is 1.82. The first kappa shape index (κ1) is 21.1. The van der Waals surface area contributed by atoms with Gasteiger partial charge in [0, 0.05) is 24.8 Å². The number of hydrogen-bond donors (Lipinski definition) is 2. The number of ether oxygens (including phenoxy) is 2. The first-order valence-electron chi connectivity index (χ1n) is 8.91. The van der Waals surface area contributed by atoms with Gasteiger partial charge in [0.2, 0.25) is 0 Å². The Morgan fingerprint density at radius 1 is 1.26 bits per heavy atom. The standard InChI is InChI=1S/C18H26F3N3O3/c1-13-5-8-24(9-6-13)10-7-22-17(25)23-14-3-4-15(26-2)16(11-14)27-12-18(19,20)21/h3-4,11,13H,5-10,12H2,1-2H3,(H2,22,23,25). The SMILES string of the molecule is COc1ccc(NC(=O)NCCN2CCC(C)CC2)cc1OCC(F)(F)F. The van der Waals surface area contributed by atoms with Gasteiger partial charge in [-0.2, -0.15) is 13.2 Å². The highest BCUT2D eigenvalue weighted by Crippen LogP contribution is 2.31. The Bertz CT molecular complexity index is 618. The van der Waals surface area contributed by atoms with Crippen LogP contribution in [0.2, 0.25) is 0 Å². The summed E-state index contributed by atoms with van der Waals surface area (Å²) in [5.74, 6) is 0.820. The summed E-state index contributed by atoms with van der Waals surface area (Å²) in [5, 5.41) is 5.34. The van der Waals surface area contributed by atoms with E-state index in [1.165, 1.54) is 38.2 Å². The number of carbonyl (C=O) groups excluding carboxylic acids is 1. The summed E-state index contributed by atoms with van der Waals surface area (Å²) in [6, 6.07) is 3.85. The molecule has 1 heterocycles. The summed E-state index contributed by atoms with van der Waals surface area (Å²) in [6.45, 7) is 4.13. The van der Waals surface area contributed by atoms with Crippen molar-refractivity contribution in [3.63, 3.8) is 0 Å². The fourth-order valence-corrected chi connectivity index (χ4v) is 2.82. The first-order chi connectivity index (χ1) is 12.8. The Hall–Kier alpha value is -2.16. The number of likely N-dealkylation sites (tertiary alicyclic amines) is 1. The maximum atomic E-state index is 12.4. The number of urea groups is 1. The quantitative estimate of drug-likeness (QED) is 0.749. The fraction of sp³-hybridized carbons (Fsp3) is 0.611. The van der Waals surface area contributed by atoms with E-state index in [2.05, 4.69) is 22.5 Å². The lowest BCUT2D eigenvalue weighted by atomic mass is 9.99. The number of hydrogen-bond acceptors (Lipinski definition) is 4. The number of alkyl halides is 3. The monoisotopic (exact) mass is 389 g/mol. The van der Waals surface area contributed by atoms with Crippen molar-refractivity contribution in [3.8, 4) is 11.5 Å². The number of nitrogens with zero attached hydrogens (tertiary/aromatic N) is 1. The van der Waals surface area contributed by atoms with Gasteiger partial charge in [-0.25, -0.2) is 4.79 Å². The van der Waals surface area contributed by atoms with Crippen molar-refractivity contribution in [2.45, 2.75) is 25.9 Å². The zero-order chi connectivity index (χ0) is 19.9. The van der Waals surface area contributed by atoms with Gasteiger partial charge in [0.15, 0.2) is 18.1 Å². The van der Waals surface area contributed by atoms with E-state index < -0.39 is 18.8 Å². The van der Waals surface area contributed by atoms with E-state index in [0.717, 1.165) is 25.6 Å². The zero-order valence-corrected chi connectivity index (χ0v) is 15.6. The second kappa shape index (κ2) is 9.68. The molecule has 2 N–H and O–H groups in total. The van der Waals surface area contributed by atoms with Crippen molar-refractivity contribution in [1.82, 2.24) is 10.2 Å². The molecule has 0 aliphatic carbocycles. The molecule has 1 aromatic carbocycles. The molecule has 2 rings (SSSR count). The smallest absolute Gasteiger partial charge is 0.422 e. The number of rotatable bonds is 7. The molecule has 1 aliphatic rings. The summed E-state index contributed by atoms with van der Waals surface area (Å²) in [7, 11) is 1.33. The van der Waals surface area contributed by atoms with E-state index in [1.54, 1.807) is 0 Å². The molecule has 0 saturated carbocycles. The molecule has 0 spiro atoms. The minimum Gasteiger partial charge on any atom is -0.493 e. The fourth-order valence-electron chi connectivity index (χ4n) is 2.82. The Morgan fingerprint density at radius 3 is 2.59 bits per heavy atom. The Kier molecular flexibility index (Phi) is 7.58. The third kappa shape index (κ3) is 7.54. The van der Waals surface area contributed by atoms with Crippen LogP contribution in [0.15, 0.2) is 18.2 Å². The molecule has 0 atom stereocenters. The average Bonchev–Trinajstić information content (AvgIpc) is 2.61. The van der Waals surface area contributed by atoms with E-state index in [1.807, 2.05) is 0 Å². The van der Waals surface area contributed by atoms with Gasteiger partial charge in [0.1, 0.15) is 0 Å². The van der Waals surface area contributed by atoms with Crippen LogP contribution in [0.1, 0.15) is 19.8 Å². The van der Waals surface area contributed by atoms with Gasteiger partial charge in [0.05, 0.1) is 7.11 Å². The van der Waals surface area contributed by atoms with Crippen LogP contribution in [0.5, 0.6) is 11.5 Å². The number of methoxy groups -OCH3 is 1. The minimum absolute atomic E-state index is 0.0879. The van der Waals surface area contributed by atoms with Gasteiger partial charge in [-0.3, -0.25) is 0 Å². The summed E-state index contributed by atoms with van der Waals surface area (Å²) in [5.41, 5.74) is 0.317. The molecule has 0 aromatic heterocycles. The van der Waals surface area contributed by atoms with Crippen molar-refractivity contribution in [2.75, 3.05) is 45.2 Å². The Labute approximate surface area is 157 Å². The number of anilines is 1. The second-order valence-electron chi connectivity index (χ2n) is 6.67. The number of amides is 2. The van der Waals surface area contributed by atoms with E-state index in [0.29, 0.717) is 12.2 Å². The van der Waals surface area contributed by atoms with Gasteiger partial charge < -0.3 is 25.0 Å². The molecule has 2 amide bonds. The van der Waals surface area contributed by atoms with Crippen LogP contribution >= 0.6 is 0 Å². The van der Waals surface area contributed by atoms with Crippen LogP contribution in [0.25, 0.3) is 0 Å². The average molecular weight is 389 g/mol. The van der Waals surface area contributed by atoms with Crippen LogP contribution in [-0.4, -0.2) is 57.0 Å². The van der Waals surface area contributed by atoms with E-state index in [-0.39, 0.29) is 11.5 Å². The van der Waals surface area contributed by atoms with Gasteiger partial charge in [-0.05, 0) is 44.0 Å². The molecule has 152 valence electrons. The maximum absolute atomic E-state index is 12.4. The molecular formula is C18H26F3N3O3. The van der Waals surface area contributed by atoms with Gasteiger partial charge in [-0.15, -0.1) is 0 Å². The molecule has 1 saturated heterocycles. The van der Waals surface area contributed by atoms with E-state index in [9.17, 15) is 18.0 Å². The normalized spacial score (nSPS) is 16.0. The zero-order valence-electron chi connectivity index (χ0n) is 15.6. The Morgan fingerprint density at radius 2 is 1.96 bits per heavy atom. The topological polar surface area (TPSA) is 62.8 Å². The summed E-state index contributed by atoms with van der Waals surface area (Å²) < 4.78 is 46.8. The van der Waals surface area contributed by atoms with Crippen LogP contribution < -0.4 is 20.1 Å². The van der Waals surface area contributed by atoms with Crippen molar-refractivity contribution in [2.24, 2.45) is 5.92 Å². The largest absolute Gasteiger partial charge is 0.493 e. The summed E-state index contributed by atoms with van der Waals surface area (Å²) in [4.78, 5) is 14.3. The number of carbonyl (C=O) groups is 1. The number of benzene rings is 1. The lowest BCUT2D eigenvalue weighted by molar-refractivity contribution is -0.153. The van der Waals surface area contributed by atoms with Crippen molar-refractivity contribution in [1.29, 1.82) is 0 Å². The number of halogens is 3. The molecule has 0 radical (unpaired) electrons. The van der Waals surface area contributed by atoms with Crippen LogP contribution in [0.4, 0.5) is 23.7 Å². The molecule has 0 unspecified atom stereocenters. The van der Waals surface area contributed by atoms with Crippen LogP contribution in [-0.2, 0) is 0 Å². The highest BCUT2D eigenvalue weighted by Gasteiger charge is 2.29. The first-order valence-corrected chi connectivity index (χ1v) is 8.91. The second-order valence-corrected chi connectivity index (χ2v) is 6.67. The van der Waals surface area contributed by atoms with E-state index >= 15 is 0 Å². The summed E-state index contributed by atoms with van der Waals surface area (Å²) >= 11 is 0. The molecule has 27 heavy (non-hydrogen) atoms. The molecule has 0 bridgehead atoms. The number of nitrogens with one attached hydrogen (secondary N) is 2.